The van der Waals surface area contributed by atoms with Gasteiger partial charge in [-0.2, -0.15) is 0 Å². The first-order chi connectivity index (χ1) is 14.9. The van der Waals surface area contributed by atoms with Crippen LogP contribution in [0.15, 0.2) is 59.9 Å². The van der Waals surface area contributed by atoms with Crippen LogP contribution in [0.3, 0.4) is 0 Å². The fourth-order valence-corrected chi connectivity index (χ4v) is 5.33. The maximum Gasteiger partial charge on any atom is 0.290 e. The minimum atomic E-state index is -0.614. The summed E-state index contributed by atoms with van der Waals surface area (Å²) in [6.45, 7) is 2.40. The van der Waals surface area contributed by atoms with Crippen LogP contribution in [-0.4, -0.2) is 27.8 Å². The number of hydrogen-bond donors (Lipinski definition) is 1. The van der Waals surface area contributed by atoms with Gasteiger partial charge in [-0.05, 0) is 54.5 Å². The number of carbonyl (C=O) groups excluding carboxylic acids is 2. The van der Waals surface area contributed by atoms with Crippen LogP contribution in [0, 0.1) is 11.8 Å². The number of fused-ring (bicyclic) bond motifs is 1. The number of nitrogens with zero attached hydrogens (tertiary/aromatic N) is 1. The molecule has 0 spiro atoms. The monoisotopic (exact) mass is 437 g/mol. The molecule has 2 heterocycles. The molecule has 31 heavy (non-hydrogen) atoms. The highest BCUT2D eigenvalue weighted by molar-refractivity contribution is 6.31. The number of phenols is 1. The van der Waals surface area contributed by atoms with Crippen molar-refractivity contribution in [1.82, 2.24) is 4.90 Å². The fourth-order valence-electron chi connectivity index (χ4n) is 5.14. The van der Waals surface area contributed by atoms with E-state index in [2.05, 4.69) is 6.92 Å². The van der Waals surface area contributed by atoms with E-state index in [0.29, 0.717) is 22.1 Å². The minimum absolute atomic E-state index is 0.00107. The van der Waals surface area contributed by atoms with Gasteiger partial charge in [-0.1, -0.05) is 48.9 Å². The first-order valence-corrected chi connectivity index (χ1v) is 11.1. The molecular formula is C25H24ClNO4. The Labute approximate surface area is 186 Å². The van der Waals surface area contributed by atoms with Gasteiger partial charge >= 0.3 is 0 Å². The van der Waals surface area contributed by atoms with E-state index in [4.69, 9.17) is 16.3 Å². The number of benzene rings is 2. The van der Waals surface area contributed by atoms with E-state index in [0.717, 1.165) is 24.8 Å². The average molecular weight is 438 g/mol. The van der Waals surface area contributed by atoms with E-state index in [1.807, 2.05) is 24.3 Å². The van der Waals surface area contributed by atoms with Gasteiger partial charge in [0.25, 0.3) is 5.91 Å². The number of ketones is 1. The third-order valence-corrected chi connectivity index (χ3v) is 7.06. The van der Waals surface area contributed by atoms with Gasteiger partial charge in [-0.15, -0.1) is 0 Å². The van der Waals surface area contributed by atoms with Crippen molar-refractivity contribution >= 4 is 23.3 Å². The van der Waals surface area contributed by atoms with E-state index in [-0.39, 0.29) is 41.8 Å². The lowest BCUT2D eigenvalue weighted by molar-refractivity contribution is -0.136. The number of hydrogen-bond acceptors (Lipinski definition) is 4. The molecule has 0 radical (unpaired) electrons. The molecule has 2 aromatic carbocycles. The average Bonchev–Trinajstić information content (AvgIpc) is 3.02. The minimum Gasteiger partial charge on any atom is -0.508 e. The number of ether oxygens (including phenoxy) is 1. The summed E-state index contributed by atoms with van der Waals surface area (Å²) in [5.41, 5.74) is 1.89. The zero-order chi connectivity index (χ0) is 21.7. The Kier molecular flexibility index (Phi) is 5.01. The Balaban J connectivity index is 1.60. The molecule has 1 aliphatic carbocycles. The number of phenolic OH excluding ortho intramolecular Hbond substituents is 1. The molecule has 1 N–H and O–H groups in total. The van der Waals surface area contributed by atoms with Crippen LogP contribution < -0.4 is 0 Å². The normalized spacial score (nSPS) is 27.7. The van der Waals surface area contributed by atoms with Crippen molar-refractivity contribution in [3.8, 4) is 5.75 Å². The molecule has 2 aliphatic heterocycles. The van der Waals surface area contributed by atoms with Gasteiger partial charge in [0.15, 0.2) is 11.5 Å². The van der Waals surface area contributed by atoms with Crippen LogP contribution in [0.25, 0.3) is 0 Å². The predicted molar refractivity (Wildman–Crippen MR) is 116 cm³/mol. The van der Waals surface area contributed by atoms with Gasteiger partial charge in [0.2, 0.25) is 0 Å². The molecule has 0 bridgehead atoms. The second kappa shape index (κ2) is 7.72. The quantitative estimate of drug-likeness (QED) is 0.749. The molecule has 0 saturated heterocycles. The number of halogens is 1. The van der Waals surface area contributed by atoms with Gasteiger partial charge in [0.05, 0.1) is 17.5 Å². The van der Waals surface area contributed by atoms with E-state index in [1.54, 1.807) is 29.2 Å². The molecule has 1 amide bonds. The molecule has 0 aromatic heterocycles. The lowest BCUT2D eigenvalue weighted by atomic mass is 9.74. The standard InChI is InChI=1S/C25H24ClNO4/c1-14-9-10-20-18(11-14)23(29)21-22(15-6-4-7-17(28)12-15)27(25(30)24(21)31-20)13-16-5-2-3-8-19(16)26/h2-8,12,14,18,20,22,28H,9-11,13H2,1H3. The highest BCUT2D eigenvalue weighted by Crippen LogP contribution is 2.48. The number of aromatic hydroxyl groups is 1. The second-order valence-corrected chi connectivity index (χ2v) is 9.22. The second-order valence-electron chi connectivity index (χ2n) is 8.81. The third kappa shape index (κ3) is 3.41. The maximum atomic E-state index is 13.7. The topological polar surface area (TPSA) is 66.8 Å². The molecule has 4 unspecified atom stereocenters. The first kappa shape index (κ1) is 20.1. The number of rotatable bonds is 3. The van der Waals surface area contributed by atoms with Crippen LogP contribution in [0.5, 0.6) is 5.75 Å². The molecular weight excluding hydrogens is 414 g/mol. The Hall–Kier alpha value is -2.79. The van der Waals surface area contributed by atoms with Crippen LogP contribution in [-0.2, 0) is 20.9 Å². The zero-order valence-corrected chi connectivity index (χ0v) is 18.0. The summed E-state index contributed by atoms with van der Waals surface area (Å²) in [7, 11) is 0. The van der Waals surface area contributed by atoms with Crippen molar-refractivity contribution in [2.24, 2.45) is 11.8 Å². The number of Topliss-reactive ketones (excluding diaryl/α,β-unsaturated/α-hetero) is 1. The van der Waals surface area contributed by atoms with E-state index >= 15 is 0 Å². The molecule has 1 saturated carbocycles. The smallest absolute Gasteiger partial charge is 0.290 e. The summed E-state index contributed by atoms with van der Waals surface area (Å²) in [6, 6.07) is 13.5. The van der Waals surface area contributed by atoms with E-state index in [9.17, 15) is 14.7 Å². The predicted octanol–water partition coefficient (Wildman–Crippen LogP) is 4.79. The summed E-state index contributed by atoms with van der Waals surface area (Å²) in [4.78, 5) is 28.8. The number of carbonyl (C=O) groups is 2. The molecule has 1 fully saturated rings. The lowest BCUT2D eigenvalue weighted by Crippen LogP contribution is -2.41. The first-order valence-electron chi connectivity index (χ1n) is 10.7. The van der Waals surface area contributed by atoms with Crippen molar-refractivity contribution in [3.63, 3.8) is 0 Å². The van der Waals surface area contributed by atoms with Crippen molar-refractivity contribution in [2.75, 3.05) is 0 Å². The largest absolute Gasteiger partial charge is 0.508 e. The summed E-state index contributed by atoms with van der Waals surface area (Å²) in [5.74, 6) is 0.183. The molecule has 3 aliphatic rings. The van der Waals surface area contributed by atoms with Crippen LogP contribution in [0.1, 0.15) is 43.4 Å². The van der Waals surface area contributed by atoms with Crippen LogP contribution in [0.4, 0.5) is 0 Å². The highest BCUT2D eigenvalue weighted by atomic mass is 35.5. The number of amides is 1. The lowest BCUT2D eigenvalue weighted by Gasteiger charge is -2.37. The molecule has 5 nitrogen and oxygen atoms in total. The molecule has 6 heteroatoms. The third-order valence-electron chi connectivity index (χ3n) is 6.69. The molecule has 2 aromatic rings. The summed E-state index contributed by atoms with van der Waals surface area (Å²) in [5, 5.41) is 10.6. The van der Waals surface area contributed by atoms with Crippen LogP contribution in [0.2, 0.25) is 5.02 Å². The van der Waals surface area contributed by atoms with Crippen molar-refractivity contribution < 1.29 is 19.4 Å². The Morgan fingerprint density at radius 2 is 1.94 bits per heavy atom. The van der Waals surface area contributed by atoms with Gasteiger partial charge in [0.1, 0.15) is 11.9 Å². The van der Waals surface area contributed by atoms with E-state index in [1.165, 1.54) is 0 Å². The molecule has 5 rings (SSSR count). The SMILES string of the molecule is CC1CCC2OC3=C(C(=O)C2C1)C(c1cccc(O)c1)N(Cc1ccccc1Cl)C3=O. The Morgan fingerprint density at radius 1 is 1.13 bits per heavy atom. The van der Waals surface area contributed by atoms with Crippen LogP contribution >= 0.6 is 11.6 Å². The van der Waals surface area contributed by atoms with E-state index < -0.39 is 6.04 Å². The fraction of sp³-hybridized carbons (Fsp3) is 0.360. The van der Waals surface area contributed by atoms with Crippen molar-refractivity contribution in [1.29, 1.82) is 0 Å². The highest BCUT2D eigenvalue weighted by Gasteiger charge is 2.52. The Bertz CT molecular complexity index is 1090. The summed E-state index contributed by atoms with van der Waals surface area (Å²) >= 11 is 6.38. The zero-order valence-electron chi connectivity index (χ0n) is 17.3. The summed E-state index contributed by atoms with van der Waals surface area (Å²) in [6.07, 6.45) is 2.30. The Morgan fingerprint density at radius 3 is 2.71 bits per heavy atom. The van der Waals surface area contributed by atoms with Gasteiger partial charge in [0, 0.05) is 11.6 Å². The molecule has 160 valence electrons. The van der Waals surface area contributed by atoms with Crippen molar-refractivity contribution in [3.05, 3.63) is 76.0 Å². The van der Waals surface area contributed by atoms with Gasteiger partial charge in [-0.3, -0.25) is 9.59 Å². The molecule has 4 atom stereocenters. The summed E-state index contributed by atoms with van der Waals surface area (Å²) < 4.78 is 6.20. The van der Waals surface area contributed by atoms with Gasteiger partial charge in [-0.25, -0.2) is 0 Å². The van der Waals surface area contributed by atoms with Crippen molar-refractivity contribution in [2.45, 2.75) is 44.9 Å². The maximum absolute atomic E-state index is 13.7. The van der Waals surface area contributed by atoms with Gasteiger partial charge < -0.3 is 14.7 Å².